The molecule has 146 valence electrons. The van der Waals surface area contributed by atoms with E-state index in [4.69, 9.17) is 18.9 Å². The number of hydrogen-bond donors (Lipinski definition) is 2. The first kappa shape index (κ1) is 19.9. The summed E-state index contributed by atoms with van der Waals surface area (Å²) in [6.45, 7) is 0.838. The Bertz CT molecular complexity index is 665. The molecule has 0 saturated carbocycles. The van der Waals surface area contributed by atoms with Crippen LogP contribution in [-0.4, -0.2) is 54.6 Å². The Labute approximate surface area is 159 Å². The van der Waals surface area contributed by atoms with E-state index in [-0.39, 0.29) is 13.2 Å². The normalized spacial score (nSPS) is 28.2. The Hall–Kier alpha value is -1.80. The third kappa shape index (κ3) is 5.35. The minimum atomic E-state index is -1.10. The summed E-state index contributed by atoms with van der Waals surface area (Å²) in [6, 6.07) is 19.3. The van der Waals surface area contributed by atoms with E-state index in [9.17, 15) is 10.2 Å². The highest BCUT2D eigenvalue weighted by Crippen LogP contribution is 2.25. The summed E-state index contributed by atoms with van der Waals surface area (Å²) in [5.74, 6) is 0. The Morgan fingerprint density at radius 3 is 2.04 bits per heavy atom. The van der Waals surface area contributed by atoms with Gasteiger partial charge in [0.15, 0.2) is 6.29 Å². The molecule has 1 aliphatic rings. The second-order valence-corrected chi connectivity index (χ2v) is 6.52. The van der Waals surface area contributed by atoms with Crippen LogP contribution in [-0.2, 0) is 32.2 Å². The van der Waals surface area contributed by atoms with Gasteiger partial charge in [0.2, 0.25) is 0 Å². The predicted octanol–water partition coefficient (Wildman–Crippen LogP) is 1.88. The number of ether oxygens (including phenoxy) is 4. The molecule has 1 aliphatic heterocycles. The van der Waals surface area contributed by atoms with Crippen molar-refractivity contribution in [3.8, 4) is 0 Å². The van der Waals surface area contributed by atoms with Crippen molar-refractivity contribution in [3.63, 3.8) is 0 Å². The summed E-state index contributed by atoms with van der Waals surface area (Å²) in [5, 5.41) is 21.1. The van der Waals surface area contributed by atoms with Crippen LogP contribution in [0.25, 0.3) is 0 Å². The molecular formula is C21H26O6. The zero-order valence-corrected chi connectivity index (χ0v) is 15.3. The van der Waals surface area contributed by atoms with E-state index < -0.39 is 30.7 Å². The third-order valence-electron chi connectivity index (χ3n) is 4.55. The monoisotopic (exact) mass is 374 g/mol. The standard InChI is InChI=1S/C21H26O6/c1-24-21-19(23)20(26-13-16-10-6-3-7-11-16)18(22)17(27-21)14-25-12-15-8-4-2-5-9-15/h2-11,17-23H,12-14H2,1H3/t17-,18+,19-,20+,21-/m1/s1. The molecule has 2 N–H and O–H groups in total. The summed E-state index contributed by atoms with van der Waals surface area (Å²) in [7, 11) is 1.45. The average Bonchev–Trinajstić information content (AvgIpc) is 2.71. The molecule has 6 nitrogen and oxygen atoms in total. The van der Waals surface area contributed by atoms with Crippen molar-refractivity contribution in [1.29, 1.82) is 0 Å². The summed E-state index contributed by atoms with van der Waals surface area (Å²) in [5.41, 5.74) is 1.98. The van der Waals surface area contributed by atoms with Gasteiger partial charge in [-0.1, -0.05) is 60.7 Å². The van der Waals surface area contributed by atoms with E-state index in [0.29, 0.717) is 6.61 Å². The summed E-state index contributed by atoms with van der Waals surface area (Å²) >= 11 is 0. The third-order valence-corrected chi connectivity index (χ3v) is 4.55. The number of benzene rings is 2. The predicted molar refractivity (Wildman–Crippen MR) is 98.8 cm³/mol. The number of rotatable bonds is 8. The summed E-state index contributed by atoms with van der Waals surface area (Å²) in [6.07, 6.45) is -4.53. The number of hydrogen-bond acceptors (Lipinski definition) is 6. The van der Waals surface area contributed by atoms with E-state index in [1.54, 1.807) is 0 Å². The van der Waals surface area contributed by atoms with Crippen LogP contribution in [0, 0.1) is 0 Å². The molecule has 0 aromatic heterocycles. The van der Waals surface area contributed by atoms with Crippen molar-refractivity contribution in [2.45, 2.75) is 43.9 Å². The van der Waals surface area contributed by atoms with Gasteiger partial charge in [0.25, 0.3) is 0 Å². The largest absolute Gasteiger partial charge is 0.387 e. The van der Waals surface area contributed by atoms with Crippen molar-refractivity contribution in [3.05, 3.63) is 71.8 Å². The first-order valence-electron chi connectivity index (χ1n) is 9.00. The molecule has 0 radical (unpaired) electrons. The Morgan fingerprint density at radius 2 is 1.44 bits per heavy atom. The number of aliphatic hydroxyl groups excluding tert-OH is 2. The van der Waals surface area contributed by atoms with E-state index in [2.05, 4.69) is 0 Å². The fourth-order valence-corrected chi connectivity index (χ4v) is 3.07. The van der Waals surface area contributed by atoms with Crippen molar-refractivity contribution in [2.24, 2.45) is 0 Å². The average molecular weight is 374 g/mol. The van der Waals surface area contributed by atoms with Crippen LogP contribution in [0.5, 0.6) is 0 Å². The lowest BCUT2D eigenvalue weighted by Gasteiger charge is -2.41. The van der Waals surface area contributed by atoms with Crippen LogP contribution >= 0.6 is 0 Å². The molecule has 0 amide bonds. The molecule has 0 aliphatic carbocycles. The van der Waals surface area contributed by atoms with Crippen LogP contribution in [0.4, 0.5) is 0 Å². The summed E-state index contributed by atoms with van der Waals surface area (Å²) in [4.78, 5) is 0. The van der Waals surface area contributed by atoms with Gasteiger partial charge in [0.05, 0.1) is 19.8 Å². The molecule has 1 fully saturated rings. The maximum atomic E-state index is 10.6. The smallest absolute Gasteiger partial charge is 0.186 e. The molecule has 6 heteroatoms. The molecule has 0 bridgehead atoms. The van der Waals surface area contributed by atoms with E-state index in [1.807, 2.05) is 60.7 Å². The maximum Gasteiger partial charge on any atom is 0.186 e. The second-order valence-electron chi connectivity index (χ2n) is 6.52. The lowest BCUT2D eigenvalue weighted by molar-refractivity contribution is -0.305. The van der Waals surface area contributed by atoms with E-state index in [1.165, 1.54) is 7.11 Å². The zero-order valence-electron chi connectivity index (χ0n) is 15.3. The van der Waals surface area contributed by atoms with E-state index >= 15 is 0 Å². The molecule has 5 atom stereocenters. The van der Waals surface area contributed by atoms with Gasteiger partial charge in [-0.05, 0) is 11.1 Å². The first-order valence-corrected chi connectivity index (χ1v) is 9.00. The van der Waals surface area contributed by atoms with Gasteiger partial charge >= 0.3 is 0 Å². The van der Waals surface area contributed by atoms with Crippen molar-refractivity contribution < 1.29 is 29.2 Å². The highest BCUT2D eigenvalue weighted by Gasteiger charge is 2.45. The van der Waals surface area contributed by atoms with Crippen LogP contribution < -0.4 is 0 Å². The van der Waals surface area contributed by atoms with Gasteiger partial charge in [0.1, 0.15) is 24.4 Å². The SMILES string of the molecule is CO[C@@H]1O[C@H](COCc2ccccc2)[C@H](O)[C@H](OCc2ccccc2)[C@H]1O. The fourth-order valence-electron chi connectivity index (χ4n) is 3.07. The molecule has 27 heavy (non-hydrogen) atoms. The van der Waals surface area contributed by atoms with Gasteiger partial charge in [0, 0.05) is 7.11 Å². The van der Waals surface area contributed by atoms with Crippen molar-refractivity contribution >= 4 is 0 Å². The highest BCUT2D eigenvalue weighted by atomic mass is 16.7. The van der Waals surface area contributed by atoms with E-state index in [0.717, 1.165) is 11.1 Å². The van der Waals surface area contributed by atoms with Crippen LogP contribution in [0.15, 0.2) is 60.7 Å². The topological polar surface area (TPSA) is 77.4 Å². The van der Waals surface area contributed by atoms with Crippen molar-refractivity contribution in [2.75, 3.05) is 13.7 Å². The minimum absolute atomic E-state index is 0.161. The molecule has 0 spiro atoms. The lowest BCUT2D eigenvalue weighted by atomic mass is 9.99. The Kier molecular flexibility index (Phi) is 7.34. The van der Waals surface area contributed by atoms with Gasteiger partial charge in [-0.3, -0.25) is 0 Å². The maximum absolute atomic E-state index is 10.6. The van der Waals surface area contributed by atoms with Gasteiger partial charge in [-0.25, -0.2) is 0 Å². The fraction of sp³-hybridized carbons (Fsp3) is 0.429. The molecule has 3 rings (SSSR count). The second kappa shape index (κ2) is 9.94. The Morgan fingerprint density at radius 1 is 0.852 bits per heavy atom. The zero-order chi connectivity index (χ0) is 19.1. The van der Waals surface area contributed by atoms with Gasteiger partial charge < -0.3 is 29.2 Å². The molecule has 0 unspecified atom stereocenters. The molecule has 2 aromatic rings. The first-order chi connectivity index (χ1) is 13.2. The van der Waals surface area contributed by atoms with Crippen LogP contribution in [0.3, 0.4) is 0 Å². The molecule has 1 heterocycles. The Balaban J connectivity index is 1.58. The summed E-state index contributed by atoms with van der Waals surface area (Å²) < 4.78 is 22.4. The lowest BCUT2D eigenvalue weighted by Crippen LogP contribution is -2.60. The van der Waals surface area contributed by atoms with Gasteiger partial charge in [-0.15, -0.1) is 0 Å². The van der Waals surface area contributed by atoms with Gasteiger partial charge in [-0.2, -0.15) is 0 Å². The van der Waals surface area contributed by atoms with Crippen molar-refractivity contribution in [1.82, 2.24) is 0 Å². The quantitative estimate of drug-likeness (QED) is 0.735. The highest BCUT2D eigenvalue weighted by molar-refractivity contribution is 5.14. The molecule has 1 saturated heterocycles. The minimum Gasteiger partial charge on any atom is -0.387 e. The number of methoxy groups -OCH3 is 1. The van der Waals surface area contributed by atoms with Crippen LogP contribution in [0.2, 0.25) is 0 Å². The molecule has 2 aromatic carbocycles. The van der Waals surface area contributed by atoms with Crippen LogP contribution in [0.1, 0.15) is 11.1 Å². The molecular weight excluding hydrogens is 348 g/mol. The number of aliphatic hydroxyl groups is 2.